The number of hydrogen-bond acceptors (Lipinski definition) is 8. The summed E-state index contributed by atoms with van der Waals surface area (Å²) in [6, 6.07) is -2.33. The van der Waals surface area contributed by atoms with Crippen LogP contribution in [0.5, 0.6) is 0 Å². The molecule has 1 aliphatic heterocycles. The number of urea groups is 1. The van der Waals surface area contributed by atoms with Crippen LogP contribution in [0.4, 0.5) is 4.79 Å². The van der Waals surface area contributed by atoms with Crippen LogP contribution in [0.2, 0.25) is 0 Å². The van der Waals surface area contributed by atoms with E-state index in [0.29, 0.717) is 5.01 Å². The Balaban J connectivity index is 2.71. The minimum absolute atomic E-state index is 0.407. The molecular formula is C8H15N3O7. The first-order valence-electron chi connectivity index (χ1n) is 5.10. The van der Waals surface area contributed by atoms with Crippen molar-refractivity contribution in [2.75, 3.05) is 13.7 Å². The molecule has 0 bridgehead atoms. The van der Waals surface area contributed by atoms with Gasteiger partial charge >= 0.3 is 6.03 Å². The van der Waals surface area contributed by atoms with Crippen LogP contribution in [0.1, 0.15) is 0 Å². The topological polar surface area (TPSA) is 152 Å². The second-order valence-electron chi connectivity index (χ2n) is 3.81. The Hall–Kier alpha value is -1.33. The Kier molecular flexibility index (Phi) is 4.93. The lowest BCUT2D eigenvalue weighted by molar-refractivity contribution is -0.252. The van der Waals surface area contributed by atoms with Crippen LogP contribution in [-0.2, 0) is 4.74 Å². The van der Waals surface area contributed by atoms with Crippen LogP contribution in [0.15, 0.2) is 5.29 Å². The van der Waals surface area contributed by atoms with Gasteiger partial charge < -0.3 is 30.5 Å². The summed E-state index contributed by atoms with van der Waals surface area (Å²) >= 11 is 0. The third-order valence-corrected chi connectivity index (χ3v) is 2.61. The van der Waals surface area contributed by atoms with Gasteiger partial charge in [-0.1, -0.05) is 0 Å². The number of aliphatic hydroxyl groups is 4. The van der Waals surface area contributed by atoms with E-state index in [1.54, 1.807) is 0 Å². The van der Waals surface area contributed by atoms with Gasteiger partial charge in [-0.05, 0) is 0 Å². The van der Waals surface area contributed by atoms with Gasteiger partial charge in [0.15, 0.2) is 6.29 Å². The quantitative estimate of drug-likeness (QED) is 0.271. The smallest absolute Gasteiger partial charge is 0.340 e. The SMILES string of the molecule is CN(N=O)C(=O)NC1[C@H](O)OC(CO)[C@@H](O)[C@H]1O. The molecule has 18 heavy (non-hydrogen) atoms. The maximum Gasteiger partial charge on any atom is 0.340 e. The average molecular weight is 265 g/mol. The highest BCUT2D eigenvalue weighted by Crippen LogP contribution is 2.19. The molecule has 2 amide bonds. The Morgan fingerprint density at radius 1 is 1.39 bits per heavy atom. The highest BCUT2D eigenvalue weighted by Gasteiger charge is 2.44. The monoisotopic (exact) mass is 265 g/mol. The standard InChI is InChI=1S/C8H15N3O7/c1-11(10-17)8(16)9-4-6(14)5(13)3(2-12)18-7(4)15/h3-7,12-15H,2H2,1H3,(H,9,16)/t3?,4?,5-,6+,7-/m1/s1. The van der Waals surface area contributed by atoms with Crippen molar-refractivity contribution in [1.29, 1.82) is 0 Å². The maximum atomic E-state index is 11.3. The van der Waals surface area contributed by atoms with E-state index in [2.05, 4.69) is 10.6 Å². The van der Waals surface area contributed by atoms with Gasteiger partial charge in [-0.25, -0.2) is 4.79 Å². The number of amides is 2. The molecular weight excluding hydrogens is 250 g/mol. The predicted octanol–water partition coefficient (Wildman–Crippen LogP) is -2.89. The van der Waals surface area contributed by atoms with Gasteiger partial charge in [0.2, 0.25) is 0 Å². The minimum Gasteiger partial charge on any atom is -0.394 e. The zero-order valence-electron chi connectivity index (χ0n) is 9.50. The van der Waals surface area contributed by atoms with Crippen LogP contribution in [0, 0.1) is 4.91 Å². The van der Waals surface area contributed by atoms with Crippen LogP contribution < -0.4 is 5.32 Å². The maximum absolute atomic E-state index is 11.3. The van der Waals surface area contributed by atoms with Crippen molar-refractivity contribution in [3.63, 3.8) is 0 Å². The van der Waals surface area contributed by atoms with Crippen molar-refractivity contribution in [2.24, 2.45) is 5.29 Å². The summed E-state index contributed by atoms with van der Waals surface area (Å²) in [5.41, 5.74) is 0. The number of ether oxygens (including phenoxy) is 1. The number of nitrogens with zero attached hydrogens (tertiary/aromatic N) is 2. The van der Waals surface area contributed by atoms with Gasteiger partial charge in [-0.2, -0.15) is 5.01 Å². The van der Waals surface area contributed by atoms with Crippen molar-refractivity contribution in [3.8, 4) is 0 Å². The number of carbonyl (C=O) groups excluding carboxylic acids is 1. The van der Waals surface area contributed by atoms with E-state index in [0.717, 1.165) is 7.05 Å². The van der Waals surface area contributed by atoms with E-state index in [4.69, 9.17) is 9.84 Å². The largest absolute Gasteiger partial charge is 0.394 e. The number of aliphatic hydroxyl groups excluding tert-OH is 4. The van der Waals surface area contributed by atoms with E-state index in [1.165, 1.54) is 0 Å². The third kappa shape index (κ3) is 2.91. The van der Waals surface area contributed by atoms with Crippen LogP contribution >= 0.6 is 0 Å². The summed E-state index contributed by atoms with van der Waals surface area (Å²) in [4.78, 5) is 21.4. The van der Waals surface area contributed by atoms with Gasteiger partial charge in [0.1, 0.15) is 24.4 Å². The fourth-order valence-corrected chi connectivity index (χ4v) is 1.53. The van der Waals surface area contributed by atoms with E-state index in [1.807, 2.05) is 0 Å². The van der Waals surface area contributed by atoms with Crippen molar-refractivity contribution in [1.82, 2.24) is 10.3 Å². The Labute approximate surface area is 102 Å². The number of hydrogen-bond donors (Lipinski definition) is 5. The number of rotatable bonds is 3. The zero-order valence-corrected chi connectivity index (χ0v) is 9.50. The van der Waals surface area contributed by atoms with Crippen LogP contribution in [0.25, 0.3) is 0 Å². The fourth-order valence-electron chi connectivity index (χ4n) is 1.53. The van der Waals surface area contributed by atoms with Crippen molar-refractivity contribution >= 4 is 6.03 Å². The summed E-state index contributed by atoms with van der Waals surface area (Å²) in [7, 11) is 1.07. The summed E-state index contributed by atoms with van der Waals surface area (Å²) in [5, 5.41) is 42.4. The van der Waals surface area contributed by atoms with Crippen LogP contribution in [-0.4, -0.2) is 75.8 Å². The second kappa shape index (κ2) is 6.02. The lowest BCUT2D eigenvalue weighted by Gasteiger charge is -2.40. The number of carbonyl (C=O) groups is 1. The Morgan fingerprint density at radius 2 is 2.00 bits per heavy atom. The molecule has 1 heterocycles. The first-order chi connectivity index (χ1) is 8.42. The van der Waals surface area contributed by atoms with Gasteiger partial charge in [-0.3, -0.25) is 0 Å². The molecule has 104 valence electrons. The first kappa shape index (κ1) is 14.7. The van der Waals surface area contributed by atoms with E-state index < -0.39 is 43.3 Å². The van der Waals surface area contributed by atoms with Gasteiger partial charge in [0, 0.05) is 7.05 Å². The highest BCUT2D eigenvalue weighted by atomic mass is 16.6. The molecule has 0 aromatic carbocycles. The molecule has 0 saturated carbocycles. The summed E-state index contributed by atoms with van der Waals surface area (Å²) in [6.07, 6.45) is -5.84. The summed E-state index contributed by atoms with van der Waals surface area (Å²) in [5.74, 6) is 0. The summed E-state index contributed by atoms with van der Waals surface area (Å²) in [6.45, 7) is -0.605. The molecule has 5 N–H and O–H groups in total. The van der Waals surface area contributed by atoms with Crippen molar-refractivity contribution in [2.45, 2.75) is 30.6 Å². The molecule has 2 unspecified atom stereocenters. The molecule has 1 rings (SSSR count). The van der Waals surface area contributed by atoms with Crippen molar-refractivity contribution < 1.29 is 30.0 Å². The van der Waals surface area contributed by atoms with Crippen molar-refractivity contribution in [3.05, 3.63) is 4.91 Å². The highest BCUT2D eigenvalue weighted by molar-refractivity contribution is 5.73. The zero-order chi connectivity index (χ0) is 13.9. The molecule has 0 aliphatic carbocycles. The Morgan fingerprint density at radius 3 is 2.50 bits per heavy atom. The minimum atomic E-state index is -1.63. The molecule has 0 aromatic heterocycles. The lowest BCUT2D eigenvalue weighted by Crippen LogP contribution is -2.64. The molecule has 1 fully saturated rings. The molecule has 1 aliphatic rings. The van der Waals surface area contributed by atoms with Gasteiger partial charge in [-0.15, -0.1) is 4.91 Å². The van der Waals surface area contributed by atoms with E-state index in [-0.39, 0.29) is 0 Å². The normalized spacial score (nSPS) is 35.9. The molecule has 10 heteroatoms. The summed E-state index contributed by atoms with van der Waals surface area (Å²) < 4.78 is 4.80. The molecule has 5 atom stereocenters. The van der Waals surface area contributed by atoms with Gasteiger partial charge in [0.05, 0.1) is 11.9 Å². The predicted molar refractivity (Wildman–Crippen MR) is 55.9 cm³/mol. The first-order valence-corrected chi connectivity index (χ1v) is 5.10. The molecule has 0 spiro atoms. The molecule has 0 radical (unpaired) electrons. The average Bonchev–Trinajstić information content (AvgIpc) is 2.37. The lowest BCUT2D eigenvalue weighted by atomic mass is 9.97. The second-order valence-corrected chi connectivity index (χ2v) is 3.81. The van der Waals surface area contributed by atoms with Crippen LogP contribution in [0.3, 0.4) is 0 Å². The third-order valence-electron chi connectivity index (χ3n) is 2.61. The molecule has 1 saturated heterocycles. The fraction of sp³-hybridized carbons (Fsp3) is 0.875. The number of nitrogens with one attached hydrogen (secondary N) is 1. The Bertz CT molecular complexity index is 315. The molecule has 0 aromatic rings. The van der Waals surface area contributed by atoms with Gasteiger partial charge in [0.25, 0.3) is 0 Å². The van der Waals surface area contributed by atoms with E-state index in [9.17, 15) is 25.0 Å². The van der Waals surface area contributed by atoms with E-state index >= 15 is 0 Å². The molecule has 10 nitrogen and oxygen atoms in total. The number of nitroso groups, excluding NO2 is 1.